The third kappa shape index (κ3) is 3.02. The molecule has 18 heavy (non-hydrogen) atoms. The number of carbonyl (C=O) groups is 1. The van der Waals surface area contributed by atoms with Gasteiger partial charge in [-0.1, -0.05) is 0 Å². The van der Waals surface area contributed by atoms with E-state index in [9.17, 15) is 13.6 Å². The zero-order valence-electron chi connectivity index (χ0n) is 10.2. The van der Waals surface area contributed by atoms with Crippen LogP contribution in [0.1, 0.15) is 10.4 Å². The van der Waals surface area contributed by atoms with Gasteiger partial charge >= 0.3 is 0 Å². The zero-order valence-corrected chi connectivity index (χ0v) is 10.2. The molecular weight excluding hydrogens is 240 g/mol. The van der Waals surface area contributed by atoms with E-state index >= 15 is 0 Å². The number of carbonyl (C=O) groups excluding carboxylic acids is 1. The van der Waals surface area contributed by atoms with Crippen LogP contribution < -0.4 is 10.3 Å². The number of likely N-dealkylation sites (N-methyl/N-ethyl adjacent to an activating group) is 1. The van der Waals surface area contributed by atoms with E-state index in [0.29, 0.717) is 6.07 Å². The third-order valence-electron chi connectivity index (χ3n) is 3.05. The van der Waals surface area contributed by atoms with Gasteiger partial charge in [-0.25, -0.2) is 13.8 Å². The molecule has 2 N–H and O–H groups in total. The van der Waals surface area contributed by atoms with Crippen LogP contribution in [0, 0.1) is 11.6 Å². The minimum atomic E-state index is -0.841. The highest BCUT2D eigenvalue weighted by molar-refractivity contribution is 5.94. The lowest BCUT2D eigenvalue weighted by Crippen LogP contribution is -3.12. The number of amides is 1. The van der Waals surface area contributed by atoms with E-state index in [-0.39, 0.29) is 5.56 Å². The molecule has 1 aromatic rings. The average Bonchev–Trinajstić information content (AvgIpc) is 2.32. The highest BCUT2D eigenvalue weighted by Crippen LogP contribution is 2.09. The first-order valence-corrected chi connectivity index (χ1v) is 5.88. The molecule has 1 aliphatic rings. The zero-order chi connectivity index (χ0) is 13.1. The Kier molecular flexibility index (Phi) is 3.88. The highest BCUT2D eigenvalue weighted by atomic mass is 19.1. The average molecular weight is 256 g/mol. The molecule has 1 fully saturated rings. The maximum absolute atomic E-state index is 13.4. The van der Waals surface area contributed by atoms with Crippen molar-refractivity contribution in [3.63, 3.8) is 0 Å². The van der Waals surface area contributed by atoms with E-state index < -0.39 is 17.5 Å². The van der Waals surface area contributed by atoms with E-state index in [0.717, 1.165) is 38.3 Å². The number of nitrogens with zero attached hydrogens (tertiary/aromatic N) is 1. The Hall–Kier alpha value is -1.53. The third-order valence-corrected chi connectivity index (χ3v) is 3.05. The molecule has 0 aliphatic carbocycles. The standard InChI is InChI=1S/C12H15F2N3O/c1-16-4-6-17(7-5-16)15-12(18)10-3-2-9(13)8-11(10)14/h2-3,8H,4-7H2,1H3,(H,15,18)/p+1. The summed E-state index contributed by atoms with van der Waals surface area (Å²) < 4.78 is 26.1. The fourth-order valence-electron chi connectivity index (χ4n) is 1.88. The number of rotatable bonds is 2. The van der Waals surface area contributed by atoms with Gasteiger partial charge < -0.3 is 4.90 Å². The smallest absolute Gasteiger partial charge is 0.268 e. The van der Waals surface area contributed by atoms with Crippen molar-refractivity contribution in [3.8, 4) is 0 Å². The summed E-state index contributed by atoms with van der Waals surface area (Å²) in [6.07, 6.45) is 0. The Morgan fingerprint density at radius 3 is 2.61 bits per heavy atom. The topological polar surface area (TPSA) is 36.8 Å². The lowest BCUT2D eigenvalue weighted by atomic mass is 10.2. The SMILES string of the molecule is C[NH+]1CCN(NC(=O)c2ccc(F)cc2F)CC1. The molecule has 1 amide bonds. The molecule has 0 atom stereocenters. The largest absolute Gasteiger partial charge is 0.335 e. The van der Waals surface area contributed by atoms with Crippen LogP contribution in [-0.4, -0.2) is 44.1 Å². The van der Waals surface area contributed by atoms with Gasteiger partial charge in [-0.3, -0.25) is 10.2 Å². The number of hydrogen-bond donors (Lipinski definition) is 2. The molecule has 0 bridgehead atoms. The van der Waals surface area contributed by atoms with Crippen molar-refractivity contribution in [2.45, 2.75) is 0 Å². The van der Waals surface area contributed by atoms with E-state index in [1.807, 2.05) is 0 Å². The number of halogens is 2. The molecule has 1 saturated heterocycles. The van der Waals surface area contributed by atoms with Gasteiger partial charge in [0.2, 0.25) is 0 Å². The van der Waals surface area contributed by atoms with Crippen LogP contribution in [-0.2, 0) is 0 Å². The molecule has 1 heterocycles. The van der Waals surface area contributed by atoms with Gasteiger partial charge in [0.05, 0.1) is 38.8 Å². The summed E-state index contributed by atoms with van der Waals surface area (Å²) in [6, 6.07) is 2.94. The van der Waals surface area contributed by atoms with Crippen molar-refractivity contribution >= 4 is 5.91 Å². The molecule has 2 rings (SSSR count). The van der Waals surface area contributed by atoms with Crippen LogP contribution in [0.15, 0.2) is 18.2 Å². The van der Waals surface area contributed by atoms with E-state index in [1.54, 1.807) is 5.01 Å². The van der Waals surface area contributed by atoms with E-state index in [4.69, 9.17) is 0 Å². The quantitative estimate of drug-likeness (QED) is 0.744. The molecule has 1 aliphatic heterocycles. The molecule has 4 nitrogen and oxygen atoms in total. The fraction of sp³-hybridized carbons (Fsp3) is 0.417. The van der Waals surface area contributed by atoms with Gasteiger partial charge in [0.1, 0.15) is 11.6 Å². The Bertz CT molecular complexity index is 445. The Morgan fingerprint density at radius 1 is 1.33 bits per heavy atom. The minimum Gasteiger partial charge on any atom is -0.335 e. The Morgan fingerprint density at radius 2 is 2.00 bits per heavy atom. The van der Waals surface area contributed by atoms with E-state index in [2.05, 4.69) is 12.5 Å². The predicted octanol–water partition coefficient (Wildman–Crippen LogP) is -0.560. The fourth-order valence-corrected chi connectivity index (χ4v) is 1.88. The summed E-state index contributed by atoms with van der Waals surface area (Å²) in [7, 11) is 2.08. The van der Waals surface area contributed by atoms with Gasteiger partial charge in [-0.2, -0.15) is 0 Å². The van der Waals surface area contributed by atoms with Crippen LogP contribution in [0.2, 0.25) is 0 Å². The number of benzene rings is 1. The predicted molar refractivity (Wildman–Crippen MR) is 62.0 cm³/mol. The summed E-state index contributed by atoms with van der Waals surface area (Å²) >= 11 is 0. The van der Waals surface area contributed by atoms with E-state index in [1.165, 1.54) is 4.90 Å². The second-order valence-electron chi connectivity index (χ2n) is 4.51. The van der Waals surface area contributed by atoms with Crippen molar-refractivity contribution in [2.75, 3.05) is 33.2 Å². The molecule has 0 aromatic heterocycles. The Balaban J connectivity index is 1.99. The van der Waals surface area contributed by atoms with Crippen molar-refractivity contribution in [1.29, 1.82) is 0 Å². The summed E-state index contributed by atoms with van der Waals surface area (Å²) in [6.45, 7) is 3.29. The van der Waals surface area contributed by atoms with Gasteiger partial charge in [-0.15, -0.1) is 0 Å². The van der Waals surface area contributed by atoms with Crippen molar-refractivity contribution < 1.29 is 18.5 Å². The summed E-state index contributed by atoms with van der Waals surface area (Å²) in [5.74, 6) is -2.06. The van der Waals surface area contributed by atoms with Crippen molar-refractivity contribution in [2.24, 2.45) is 0 Å². The maximum atomic E-state index is 13.4. The van der Waals surface area contributed by atoms with Crippen LogP contribution in [0.4, 0.5) is 8.78 Å². The number of hydrazine groups is 1. The molecule has 0 spiro atoms. The first-order valence-electron chi connectivity index (χ1n) is 5.88. The van der Waals surface area contributed by atoms with Crippen LogP contribution in [0.25, 0.3) is 0 Å². The molecule has 6 heteroatoms. The summed E-state index contributed by atoms with van der Waals surface area (Å²) in [5.41, 5.74) is 2.50. The second-order valence-corrected chi connectivity index (χ2v) is 4.51. The minimum absolute atomic E-state index is 0.136. The summed E-state index contributed by atoms with van der Waals surface area (Å²) in [5, 5.41) is 1.76. The molecule has 0 radical (unpaired) electrons. The van der Waals surface area contributed by atoms with Crippen molar-refractivity contribution in [3.05, 3.63) is 35.4 Å². The van der Waals surface area contributed by atoms with Gasteiger partial charge in [-0.05, 0) is 12.1 Å². The number of piperazine rings is 1. The number of hydrogen-bond acceptors (Lipinski definition) is 2. The molecule has 0 saturated carbocycles. The van der Waals surface area contributed by atoms with Crippen LogP contribution in [0.5, 0.6) is 0 Å². The van der Waals surface area contributed by atoms with Crippen molar-refractivity contribution in [1.82, 2.24) is 10.4 Å². The first kappa shape index (κ1) is 12.9. The number of quaternary nitrogens is 1. The lowest BCUT2D eigenvalue weighted by molar-refractivity contribution is -0.884. The highest BCUT2D eigenvalue weighted by Gasteiger charge is 2.20. The van der Waals surface area contributed by atoms with Gasteiger partial charge in [0.15, 0.2) is 0 Å². The maximum Gasteiger partial charge on any atom is 0.268 e. The number of nitrogens with one attached hydrogen (secondary N) is 2. The van der Waals surface area contributed by atoms with Crippen LogP contribution in [0.3, 0.4) is 0 Å². The monoisotopic (exact) mass is 256 g/mol. The lowest BCUT2D eigenvalue weighted by Gasteiger charge is -2.30. The molecule has 98 valence electrons. The van der Waals surface area contributed by atoms with Gasteiger partial charge in [0.25, 0.3) is 5.91 Å². The first-order chi connectivity index (χ1) is 8.56. The molecule has 1 aromatic carbocycles. The second kappa shape index (κ2) is 5.41. The van der Waals surface area contributed by atoms with Crippen LogP contribution >= 0.6 is 0 Å². The molecule has 0 unspecified atom stereocenters. The summed E-state index contributed by atoms with van der Waals surface area (Å²) in [4.78, 5) is 13.2. The molecular formula is C12H16F2N3O+. The normalized spacial score (nSPS) is 17.7. The Labute approximate surface area is 104 Å². The van der Waals surface area contributed by atoms with Gasteiger partial charge in [0, 0.05) is 6.07 Å².